The van der Waals surface area contributed by atoms with Crippen LogP contribution in [0, 0.1) is 0 Å². The molecule has 0 heterocycles. The van der Waals surface area contributed by atoms with Crippen LogP contribution in [0.25, 0.3) is 10.8 Å². The standard InChI is InChI=1S/C16H21NOS.ClH/c17-15(12-19)7-3-4-10-18-16-9-8-13-5-1-2-6-14(13)11-16;/h1-2,5-6,8-9,11,15,19H,3-4,7,10,12,17H2;1H/t15-;/m0./s1. The predicted molar refractivity (Wildman–Crippen MR) is 92.4 cm³/mol. The Morgan fingerprint density at radius 1 is 1.05 bits per heavy atom. The van der Waals surface area contributed by atoms with Crippen molar-refractivity contribution in [3.05, 3.63) is 42.5 Å². The van der Waals surface area contributed by atoms with Gasteiger partial charge in [0, 0.05) is 11.8 Å². The van der Waals surface area contributed by atoms with Gasteiger partial charge in [-0.1, -0.05) is 30.3 Å². The Morgan fingerprint density at radius 2 is 1.80 bits per heavy atom. The molecule has 0 aliphatic carbocycles. The molecule has 0 aromatic heterocycles. The lowest BCUT2D eigenvalue weighted by Gasteiger charge is -2.09. The Kier molecular flexibility index (Phi) is 7.82. The first-order valence-corrected chi connectivity index (χ1v) is 7.41. The second-order valence-corrected chi connectivity index (χ2v) is 5.16. The van der Waals surface area contributed by atoms with Gasteiger partial charge < -0.3 is 10.5 Å². The van der Waals surface area contributed by atoms with Gasteiger partial charge in [0.2, 0.25) is 0 Å². The molecule has 0 radical (unpaired) electrons. The van der Waals surface area contributed by atoms with Crippen molar-refractivity contribution in [1.29, 1.82) is 0 Å². The lowest BCUT2D eigenvalue weighted by molar-refractivity contribution is 0.304. The molecule has 2 nitrogen and oxygen atoms in total. The number of rotatable bonds is 7. The fraction of sp³-hybridized carbons (Fsp3) is 0.375. The monoisotopic (exact) mass is 311 g/mol. The Labute approximate surface area is 132 Å². The Bertz CT molecular complexity index is 521. The van der Waals surface area contributed by atoms with E-state index in [0.717, 1.165) is 37.4 Å². The largest absolute Gasteiger partial charge is 0.494 e. The highest BCUT2D eigenvalue weighted by atomic mass is 35.5. The maximum Gasteiger partial charge on any atom is 0.119 e. The highest BCUT2D eigenvalue weighted by Crippen LogP contribution is 2.20. The van der Waals surface area contributed by atoms with E-state index in [-0.39, 0.29) is 18.4 Å². The van der Waals surface area contributed by atoms with Crippen LogP contribution in [-0.4, -0.2) is 18.4 Å². The van der Waals surface area contributed by atoms with Gasteiger partial charge in [-0.3, -0.25) is 0 Å². The quantitative estimate of drug-likeness (QED) is 0.597. The van der Waals surface area contributed by atoms with E-state index < -0.39 is 0 Å². The zero-order valence-corrected chi connectivity index (χ0v) is 13.2. The molecule has 1 atom stereocenters. The van der Waals surface area contributed by atoms with Crippen molar-refractivity contribution in [3.63, 3.8) is 0 Å². The van der Waals surface area contributed by atoms with Crippen LogP contribution in [0.1, 0.15) is 19.3 Å². The molecule has 0 saturated carbocycles. The number of hydrogen-bond donors (Lipinski definition) is 2. The van der Waals surface area contributed by atoms with Crippen LogP contribution in [0.3, 0.4) is 0 Å². The van der Waals surface area contributed by atoms with E-state index in [4.69, 9.17) is 10.5 Å². The second kappa shape index (κ2) is 9.11. The SMILES string of the molecule is Cl.N[C@H](CS)CCCCOc1ccc2ccccc2c1. The highest BCUT2D eigenvalue weighted by molar-refractivity contribution is 7.80. The molecule has 2 aromatic carbocycles. The van der Waals surface area contributed by atoms with E-state index in [0.29, 0.717) is 0 Å². The molecular weight excluding hydrogens is 290 g/mol. The number of hydrogen-bond acceptors (Lipinski definition) is 3. The van der Waals surface area contributed by atoms with E-state index in [1.54, 1.807) is 0 Å². The Morgan fingerprint density at radius 3 is 2.55 bits per heavy atom. The van der Waals surface area contributed by atoms with Gasteiger partial charge in [-0.15, -0.1) is 12.4 Å². The summed E-state index contributed by atoms with van der Waals surface area (Å²) in [5.74, 6) is 1.70. The molecule has 20 heavy (non-hydrogen) atoms. The molecule has 0 saturated heterocycles. The van der Waals surface area contributed by atoms with Gasteiger partial charge in [0.25, 0.3) is 0 Å². The number of thiol groups is 1. The Hall–Kier alpha value is -0.900. The van der Waals surface area contributed by atoms with Gasteiger partial charge in [0.1, 0.15) is 5.75 Å². The summed E-state index contributed by atoms with van der Waals surface area (Å²) in [4.78, 5) is 0. The predicted octanol–water partition coefficient (Wildman–Crippen LogP) is 4.07. The van der Waals surface area contributed by atoms with Crippen LogP contribution in [-0.2, 0) is 0 Å². The summed E-state index contributed by atoms with van der Waals surface area (Å²) in [5, 5.41) is 2.46. The maximum atomic E-state index is 5.81. The molecule has 4 heteroatoms. The van der Waals surface area contributed by atoms with Crippen LogP contribution in [0.5, 0.6) is 5.75 Å². The molecule has 0 bridgehead atoms. The third kappa shape index (κ3) is 5.23. The number of benzene rings is 2. The summed E-state index contributed by atoms with van der Waals surface area (Å²) in [6, 6.07) is 14.7. The van der Waals surface area contributed by atoms with Crippen molar-refractivity contribution in [2.75, 3.05) is 12.4 Å². The molecule has 110 valence electrons. The molecule has 2 rings (SSSR count). The molecule has 0 aliphatic rings. The van der Waals surface area contributed by atoms with Crippen LogP contribution in [0.2, 0.25) is 0 Å². The molecule has 2 aromatic rings. The summed E-state index contributed by atoms with van der Waals surface area (Å²) in [6.07, 6.45) is 3.15. The van der Waals surface area contributed by atoms with Crippen molar-refractivity contribution in [3.8, 4) is 5.75 Å². The van der Waals surface area contributed by atoms with Crippen molar-refractivity contribution in [1.82, 2.24) is 0 Å². The van der Waals surface area contributed by atoms with Crippen LogP contribution >= 0.6 is 25.0 Å². The topological polar surface area (TPSA) is 35.2 Å². The minimum Gasteiger partial charge on any atom is -0.494 e. The number of halogens is 1. The zero-order chi connectivity index (χ0) is 13.5. The summed E-state index contributed by atoms with van der Waals surface area (Å²) in [7, 11) is 0. The first-order valence-electron chi connectivity index (χ1n) is 6.77. The summed E-state index contributed by atoms with van der Waals surface area (Å²) in [5.41, 5.74) is 5.81. The van der Waals surface area contributed by atoms with E-state index in [9.17, 15) is 0 Å². The minimum atomic E-state index is 0. The number of ether oxygens (including phenoxy) is 1. The van der Waals surface area contributed by atoms with E-state index in [1.807, 2.05) is 18.2 Å². The number of fused-ring (bicyclic) bond motifs is 1. The van der Waals surface area contributed by atoms with Gasteiger partial charge >= 0.3 is 0 Å². The van der Waals surface area contributed by atoms with Crippen LogP contribution in [0.15, 0.2) is 42.5 Å². The first-order chi connectivity index (χ1) is 9.29. The fourth-order valence-corrected chi connectivity index (χ4v) is 2.23. The molecule has 0 unspecified atom stereocenters. The Balaban J connectivity index is 0.00000200. The average Bonchev–Trinajstić information content (AvgIpc) is 2.46. The van der Waals surface area contributed by atoms with E-state index in [1.165, 1.54) is 10.8 Å². The molecular formula is C16H22ClNOS. The van der Waals surface area contributed by atoms with E-state index >= 15 is 0 Å². The van der Waals surface area contributed by atoms with Gasteiger partial charge in [-0.2, -0.15) is 12.6 Å². The molecule has 2 N–H and O–H groups in total. The zero-order valence-electron chi connectivity index (χ0n) is 11.5. The lowest BCUT2D eigenvalue weighted by atomic mass is 10.1. The summed E-state index contributed by atoms with van der Waals surface area (Å²) >= 11 is 4.18. The molecule has 0 amide bonds. The molecule has 0 spiro atoms. The van der Waals surface area contributed by atoms with Crippen LogP contribution < -0.4 is 10.5 Å². The van der Waals surface area contributed by atoms with Gasteiger partial charge in [-0.25, -0.2) is 0 Å². The molecule has 0 aliphatic heterocycles. The van der Waals surface area contributed by atoms with Gasteiger partial charge in [0.05, 0.1) is 6.61 Å². The minimum absolute atomic E-state index is 0. The third-order valence-electron chi connectivity index (χ3n) is 3.19. The molecule has 0 fully saturated rings. The summed E-state index contributed by atoms with van der Waals surface area (Å²) in [6.45, 7) is 0.748. The maximum absolute atomic E-state index is 5.81. The average molecular weight is 312 g/mol. The van der Waals surface area contributed by atoms with E-state index in [2.05, 4.69) is 36.9 Å². The van der Waals surface area contributed by atoms with Crippen molar-refractivity contribution in [2.45, 2.75) is 25.3 Å². The normalized spacial score (nSPS) is 11.9. The van der Waals surface area contributed by atoms with Gasteiger partial charge in [0.15, 0.2) is 0 Å². The lowest BCUT2D eigenvalue weighted by Crippen LogP contribution is -2.21. The van der Waals surface area contributed by atoms with Crippen LogP contribution in [0.4, 0.5) is 0 Å². The van der Waals surface area contributed by atoms with Crippen molar-refractivity contribution >= 4 is 35.8 Å². The first kappa shape index (κ1) is 17.2. The third-order valence-corrected chi connectivity index (χ3v) is 3.66. The van der Waals surface area contributed by atoms with Crippen molar-refractivity contribution < 1.29 is 4.74 Å². The second-order valence-electron chi connectivity index (χ2n) is 4.80. The summed E-state index contributed by atoms with van der Waals surface area (Å²) < 4.78 is 5.77. The van der Waals surface area contributed by atoms with Gasteiger partial charge in [-0.05, 0) is 42.2 Å². The number of unbranched alkanes of at least 4 members (excludes halogenated alkanes) is 1. The fourth-order valence-electron chi connectivity index (χ4n) is 2.05. The number of nitrogens with two attached hydrogens (primary N) is 1. The smallest absolute Gasteiger partial charge is 0.119 e. The highest BCUT2D eigenvalue weighted by Gasteiger charge is 2.00. The van der Waals surface area contributed by atoms with Crippen molar-refractivity contribution in [2.24, 2.45) is 5.73 Å².